The maximum absolute atomic E-state index is 13.2. The minimum atomic E-state index is -1.02. The van der Waals surface area contributed by atoms with Crippen molar-refractivity contribution in [3.8, 4) is 0 Å². The normalized spacial score (nSPS) is 27.8. The van der Waals surface area contributed by atoms with Crippen LogP contribution in [0.25, 0.3) is 0 Å². The topological polar surface area (TPSA) is 66.9 Å². The molecule has 6 nitrogen and oxygen atoms in total. The average molecular weight is 374 g/mol. The van der Waals surface area contributed by atoms with Crippen molar-refractivity contribution in [3.63, 3.8) is 0 Å². The van der Waals surface area contributed by atoms with Crippen LogP contribution in [0.3, 0.4) is 0 Å². The van der Waals surface area contributed by atoms with Crippen molar-refractivity contribution in [1.29, 1.82) is 0 Å². The number of ketones is 1. The Balaban J connectivity index is 1.69. The SMILES string of the molecule is C=C(C)C(=O)N1CCCN(C(=O)C2(C)CC3=C(CC(C)(C)CC3=O)O2)CC1. The molecule has 0 spiro atoms. The first-order valence-corrected chi connectivity index (χ1v) is 9.71. The molecule has 0 bridgehead atoms. The van der Waals surface area contributed by atoms with E-state index in [9.17, 15) is 14.4 Å². The smallest absolute Gasteiger partial charge is 0.266 e. The Labute approximate surface area is 161 Å². The maximum atomic E-state index is 13.2. The number of amides is 2. The Bertz CT molecular complexity index is 736. The van der Waals surface area contributed by atoms with E-state index in [0.29, 0.717) is 62.3 Å². The lowest BCUT2D eigenvalue weighted by molar-refractivity contribution is -0.150. The number of carbonyl (C=O) groups is 3. The number of carbonyl (C=O) groups excluding carboxylic acids is 3. The molecule has 0 saturated carbocycles. The molecule has 0 aromatic carbocycles. The summed E-state index contributed by atoms with van der Waals surface area (Å²) >= 11 is 0. The average Bonchev–Trinajstić information content (AvgIpc) is 2.76. The Morgan fingerprint density at radius 2 is 1.63 bits per heavy atom. The van der Waals surface area contributed by atoms with Gasteiger partial charge in [0.15, 0.2) is 11.4 Å². The second-order valence-corrected chi connectivity index (χ2v) is 9.07. The lowest BCUT2D eigenvalue weighted by Crippen LogP contribution is -2.48. The van der Waals surface area contributed by atoms with Crippen molar-refractivity contribution in [2.75, 3.05) is 26.2 Å². The van der Waals surface area contributed by atoms with Crippen molar-refractivity contribution in [2.45, 2.75) is 59.0 Å². The summed E-state index contributed by atoms with van der Waals surface area (Å²) in [6.45, 7) is 13.5. The molecule has 2 heterocycles. The number of Topliss-reactive ketones (excluding diaryl/α,β-unsaturated/α-hetero) is 1. The first-order chi connectivity index (χ1) is 12.5. The fraction of sp³-hybridized carbons (Fsp3) is 0.667. The highest BCUT2D eigenvalue weighted by atomic mass is 16.5. The van der Waals surface area contributed by atoms with Gasteiger partial charge in [-0.2, -0.15) is 0 Å². The zero-order chi connectivity index (χ0) is 20.0. The van der Waals surface area contributed by atoms with Gasteiger partial charge >= 0.3 is 0 Å². The number of ether oxygens (including phenoxy) is 1. The monoisotopic (exact) mass is 374 g/mol. The van der Waals surface area contributed by atoms with Gasteiger partial charge in [-0.15, -0.1) is 0 Å². The van der Waals surface area contributed by atoms with Crippen LogP contribution in [0.1, 0.15) is 53.4 Å². The molecule has 0 N–H and O–H groups in total. The largest absolute Gasteiger partial charge is 0.481 e. The first-order valence-electron chi connectivity index (χ1n) is 9.71. The molecular formula is C21H30N2O4. The lowest BCUT2D eigenvalue weighted by Gasteiger charge is -2.32. The second kappa shape index (κ2) is 6.80. The molecular weight excluding hydrogens is 344 g/mol. The van der Waals surface area contributed by atoms with E-state index < -0.39 is 5.60 Å². The molecule has 3 aliphatic rings. The Kier molecular flexibility index (Phi) is 4.95. The van der Waals surface area contributed by atoms with E-state index in [2.05, 4.69) is 20.4 Å². The van der Waals surface area contributed by atoms with E-state index in [4.69, 9.17) is 4.74 Å². The van der Waals surface area contributed by atoms with Crippen molar-refractivity contribution in [2.24, 2.45) is 5.41 Å². The van der Waals surface area contributed by atoms with Crippen LogP contribution in [0.4, 0.5) is 0 Å². The number of allylic oxidation sites excluding steroid dienone is 1. The van der Waals surface area contributed by atoms with E-state index in [1.54, 1.807) is 23.6 Å². The molecule has 1 saturated heterocycles. The van der Waals surface area contributed by atoms with E-state index in [0.717, 1.165) is 6.42 Å². The number of hydrogen-bond acceptors (Lipinski definition) is 4. The molecule has 2 aliphatic heterocycles. The van der Waals surface area contributed by atoms with Gasteiger partial charge in [0, 0.05) is 56.6 Å². The molecule has 148 valence electrons. The van der Waals surface area contributed by atoms with Gasteiger partial charge in [-0.05, 0) is 25.7 Å². The fourth-order valence-electron chi connectivity index (χ4n) is 4.29. The van der Waals surface area contributed by atoms with Gasteiger partial charge in [-0.1, -0.05) is 20.4 Å². The van der Waals surface area contributed by atoms with Crippen LogP contribution < -0.4 is 0 Å². The van der Waals surface area contributed by atoms with Gasteiger partial charge in [-0.25, -0.2) is 0 Å². The third-order valence-corrected chi connectivity index (χ3v) is 5.70. The van der Waals surface area contributed by atoms with E-state index >= 15 is 0 Å². The van der Waals surface area contributed by atoms with Crippen molar-refractivity contribution in [3.05, 3.63) is 23.5 Å². The molecule has 0 aromatic rings. The summed E-state index contributed by atoms with van der Waals surface area (Å²) < 4.78 is 6.10. The van der Waals surface area contributed by atoms with Crippen LogP contribution in [-0.4, -0.2) is 59.2 Å². The van der Waals surface area contributed by atoms with Crippen LogP contribution in [-0.2, 0) is 19.1 Å². The van der Waals surface area contributed by atoms with Crippen LogP contribution in [0, 0.1) is 5.41 Å². The summed E-state index contributed by atoms with van der Waals surface area (Å²) in [6, 6.07) is 0. The predicted molar refractivity (Wildman–Crippen MR) is 102 cm³/mol. The third kappa shape index (κ3) is 3.80. The summed E-state index contributed by atoms with van der Waals surface area (Å²) in [5, 5.41) is 0. The maximum Gasteiger partial charge on any atom is 0.266 e. The molecule has 2 amide bonds. The quantitative estimate of drug-likeness (QED) is 0.697. The zero-order valence-electron chi connectivity index (χ0n) is 16.9. The molecule has 1 aliphatic carbocycles. The fourth-order valence-corrected chi connectivity index (χ4v) is 4.29. The number of hydrogen-bond donors (Lipinski definition) is 0. The van der Waals surface area contributed by atoms with Crippen LogP contribution in [0.2, 0.25) is 0 Å². The minimum absolute atomic E-state index is 0.0578. The van der Waals surface area contributed by atoms with Gasteiger partial charge in [0.25, 0.3) is 5.91 Å². The van der Waals surface area contributed by atoms with Gasteiger partial charge in [0.1, 0.15) is 5.76 Å². The van der Waals surface area contributed by atoms with Gasteiger partial charge in [-0.3, -0.25) is 14.4 Å². The summed E-state index contributed by atoms with van der Waals surface area (Å²) in [6.07, 6.45) is 2.26. The third-order valence-electron chi connectivity index (χ3n) is 5.70. The van der Waals surface area contributed by atoms with Crippen molar-refractivity contribution < 1.29 is 19.1 Å². The number of nitrogens with zero attached hydrogens (tertiary/aromatic N) is 2. The Morgan fingerprint density at radius 1 is 1.00 bits per heavy atom. The van der Waals surface area contributed by atoms with Crippen molar-refractivity contribution >= 4 is 17.6 Å². The molecule has 27 heavy (non-hydrogen) atoms. The molecule has 6 heteroatoms. The Hall–Kier alpha value is -2.11. The molecule has 1 fully saturated rings. The summed E-state index contributed by atoms with van der Waals surface area (Å²) in [7, 11) is 0. The molecule has 3 rings (SSSR count). The van der Waals surface area contributed by atoms with Crippen LogP contribution >= 0.6 is 0 Å². The minimum Gasteiger partial charge on any atom is -0.481 e. The van der Waals surface area contributed by atoms with Gasteiger partial charge < -0.3 is 14.5 Å². The molecule has 0 radical (unpaired) electrons. The molecule has 0 aromatic heterocycles. The summed E-state index contributed by atoms with van der Waals surface area (Å²) in [4.78, 5) is 41.4. The second-order valence-electron chi connectivity index (χ2n) is 9.07. The Morgan fingerprint density at radius 3 is 2.30 bits per heavy atom. The molecule has 1 unspecified atom stereocenters. The first kappa shape index (κ1) is 19.6. The van der Waals surface area contributed by atoms with E-state index in [-0.39, 0.29) is 23.0 Å². The number of rotatable bonds is 2. The van der Waals surface area contributed by atoms with Crippen LogP contribution in [0.15, 0.2) is 23.5 Å². The van der Waals surface area contributed by atoms with Crippen LogP contribution in [0.5, 0.6) is 0 Å². The highest BCUT2D eigenvalue weighted by molar-refractivity contribution is 6.00. The lowest BCUT2D eigenvalue weighted by atomic mass is 9.76. The van der Waals surface area contributed by atoms with Gasteiger partial charge in [0.05, 0.1) is 0 Å². The standard InChI is InChI=1S/C21H30N2O4/c1-14(2)18(25)22-7-6-8-23(10-9-22)19(26)21(5)11-15-16(24)12-20(3,4)13-17(15)27-21/h1,6-13H2,2-5H3. The summed E-state index contributed by atoms with van der Waals surface area (Å²) in [5.41, 5.74) is 0.0581. The predicted octanol–water partition coefficient (Wildman–Crippen LogP) is 2.45. The van der Waals surface area contributed by atoms with Crippen molar-refractivity contribution in [1.82, 2.24) is 9.80 Å². The molecule has 1 atom stereocenters. The van der Waals surface area contributed by atoms with E-state index in [1.807, 2.05) is 0 Å². The zero-order valence-corrected chi connectivity index (χ0v) is 16.9. The highest BCUT2D eigenvalue weighted by Gasteiger charge is 2.50. The van der Waals surface area contributed by atoms with Gasteiger partial charge in [0.2, 0.25) is 5.91 Å². The summed E-state index contributed by atoms with van der Waals surface area (Å²) in [5.74, 6) is 0.651. The van der Waals surface area contributed by atoms with E-state index in [1.165, 1.54) is 0 Å². The highest BCUT2D eigenvalue weighted by Crippen LogP contribution is 2.46.